The average Bonchev–Trinajstić information content (AvgIpc) is 2.44. The molecule has 0 radical (unpaired) electrons. The second kappa shape index (κ2) is 9.42. The maximum atomic E-state index is 2.54. The van der Waals surface area contributed by atoms with Gasteiger partial charge in [0.1, 0.15) is 0 Å². The van der Waals surface area contributed by atoms with Crippen LogP contribution in [0.3, 0.4) is 0 Å². The van der Waals surface area contributed by atoms with Gasteiger partial charge in [-0.1, -0.05) is 88.5 Å². The van der Waals surface area contributed by atoms with Gasteiger partial charge in [0.25, 0.3) is 0 Å². The quantitative estimate of drug-likeness (QED) is 0.312. The lowest BCUT2D eigenvalue weighted by molar-refractivity contribution is 0.562. The van der Waals surface area contributed by atoms with Crippen LogP contribution in [0.2, 0.25) is 0 Å². The van der Waals surface area contributed by atoms with Gasteiger partial charge in [-0.15, -0.1) is 0 Å². The molecule has 2 unspecified atom stereocenters. The lowest BCUT2D eigenvalue weighted by Crippen LogP contribution is -2.13. The van der Waals surface area contributed by atoms with Gasteiger partial charge >= 0.3 is 0 Å². The van der Waals surface area contributed by atoms with E-state index in [0.717, 1.165) is 0 Å². The SMILES string of the molecule is CCCCCCCCCCC1=CC(C)C(C)=C(C)C1C. The van der Waals surface area contributed by atoms with Crippen molar-refractivity contribution in [3.8, 4) is 0 Å². The topological polar surface area (TPSA) is 0 Å². The van der Waals surface area contributed by atoms with Gasteiger partial charge in [-0.3, -0.25) is 0 Å². The highest BCUT2D eigenvalue weighted by Gasteiger charge is 2.20. The summed E-state index contributed by atoms with van der Waals surface area (Å²) in [7, 11) is 0. The van der Waals surface area contributed by atoms with Crippen LogP contribution >= 0.6 is 0 Å². The van der Waals surface area contributed by atoms with E-state index in [1.165, 1.54) is 57.8 Å². The van der Waals surface area contributed by atoms with Crippen LogP contribution in [0.1, 0.15) is 92.4 Å². The van der Waals surface area contributed by atoms with Crippen molar-refractivity contribution >= 4 is 0 Å². The normalized spacial score (nSPS) is 23.1. The first-order valence-corrected chi connectivity index (χ1v) is 8.95. The Hall–Kier alpha value is -0.520. The zero-order valence-electron chi connectivity index (χ0n) is 14.6. The number of hydrogen-bond acceptors (Lipinski definition) is 0. The smallest absolute Gasteiger partial charge is 0.00212 e. The van der Waals surface area contributed by atoms with Gasteiger partial charge < -0.3 is 0 Å². The van der Waals surface area contributed by atoms with E-state index in [0.29, 0.717) is 11.8 Å². The molecule has 0 N–H and O–H groups in total. The van der Waals surface area contributed by atoms with Gasteiger partial charge in [0, 0.05) is 0 Å². The molecule has 20 heavy (non-hydrogen) atoms. The molecule has 0 spiro atoms. The summed E-state index contributed by atoms with van der Waals surface area (Å²) in [5.74, 6) is 1.35. The Kier molecular flexibility index (Phi) is 8.26. The Labute approximate surface area is 127 Å². The van der Waals surface area contributed by atoms with Gasteiger partial charge in [0.15, 0.2) is 0 Å². The third kappa shape index (κ3) is 5.46. The molecule has 0 saturated carbocycles. The highest BCUT2D eigenvalue weighted by Crippen LogP contribution is 2.35. The van der Waals surface area contributed by atoms with Crippen LogP contribution in [0, 0.1) is 11.8 Å². The molecule has 0 heterocycles. The van der Waals surface area contributed by atoms with Gasteiger partial charge in [0.2, 0.25) is 0 Å². The minimum absolute atomic E-state index is 0.662. The molecule has 1 aliphatic rings. The maximum Gasteiger partial charge on any atom is -0.00212 e. The molecule has 116 valence electrons. The highest BCUT2D eigenvalue weighted by atomic mass is 14.3. The molecule has 0 aliphatic heterocycles. The number of allylic oxidation sites excluding steroid dienone is 4. The molecule has 1 rings (SSSR count). The molecule has 1 aliphatic carbocycles. The third-order valence-corrected chi connectivity index (χ3v) is 5.29. The summed E-state index contributed by atoms with van der Waals surface area (Å²) >= 11 is 0. The highest BCUT2D eigenvalue weighted by molar-refractivity contribution is 5.32. The molecule has 0 saturated heterocycles. The van der Waals surface area contributed by atoms with Crippen LogP contribution in [-0.4, -0.2) is 0 Å². The van der Waals surface area contributed by atoms with Crippen LogP contribution in [0.15, 0.2) is 22.8 Å². The molecule has 0 aromatic heterocycles. The number of unbranched alkanes of at least 4 members (excludes halogenated alkanes) is 7. The Balaban J connectivity index is 2.18. The molecule has 0 aromatic rings. The van der Waals surface area contributed by atoms with E-state index >= 15 is 0 Å². The van der Waals surface area contributed by atoms with Gasteiger partial charge in [-0.05, 0) is 38.5 Å². The lowest BCUT2D eigenvalue weighted by Gasteiger charge is -2.28. The molecule has 0 fully saturated rings. The summed E-state index contributed by atoms with van der Waals surface area (Å²) < 4.78 is 0. The van der Waals surface area contributed by atoms with E-state index in [1.807, 2.05) is 0 Å². The second-order valence-corrected chi connectivity index (χ2v) is 6.84. The Morgan fingerprint density at radius 1 is 0.800 bits per heavy atom. The van der Waals surface area contributed by atoms with Crippen molar-refractivity contribution in [2.45, 2.75) is 92.4 Å². The summed E-state index contributed by atoms with van der Waals surface area (Å²) in [6, 6.07) is 0. The van der Waals surface area contributed by atoms with Crippen LogP contribution in [0.5, 0.6) is 0 Å². The molecule has 0 bridgehead atoms. The zero-order chi connectivity index (χ0) is 15.0. The van der Waals surface area contributed by atoms with Crippen molar-refractivity contribution in [2.24, 2.45) is 11.8 Å². The van der Waals surface area contributed by atoms with Crippen LogP contribution in [-0.2, 0) is 0 Å². The van der Waals surface area contributed by atoms with Crippen LogP contribution < -0.4 is 0 Å². The number of hydrogen-bond donors (Lipinski definition) is 0. The lowest BCUT2D eigenvalue weighted by atomic mass is 9.78. The molecular weight excluding hydrogens is 240 g/mol. The van der Waals surface area contributed by atoms with E-state index in [9.17, 15) is 0 Å². The first-order valence-electron chi connectivity index (χ1n) is 8.95. The van der Waals surface area contributed by atoms with E-state index in [-0.39, 0.29) is 0 Å². The first kappa shape index (κ1) is 17.5. The number of rotatable bonds is 9. The summed E-state index contributed by atoms with van der Waals surface area (Å²) in [5, 5.41) is 0. The van der Waals surface area contributed by atoms with Crippen molar-refractivity contribution in [1.82, 2.24) is 0 Å². The van der Waals surface area contributed by atoms with Crippen molar-refractivity contribution in [1.29, 1.82) is 0 Å². The van der Waals surface area contributed by atoms with Gasteiger partial charge in [0.05, 0.1) is 0 Å². The summed E-state index contributed by atoms with van der Waals surface area (Å²) in [4.78, 5) is 0. The fourth-order valence-corrected chi connectivity index (χ4v) is 3.33. The predicted molar refractivity (Wildman–Crippen MR) is 92.0 cm³/mol. The molecule has 0 nitrogen and oxygen atoms in total. The fraction of sp³-hybridized carbons (Fsp3) is 0.800. The Morgan fingerprint density at radius 2 is 1.35 bits per heavy atom. The monoisotopic (exact) mass is 276 g/mol. The first-order chi connectivity index (χ1) is 9.57. The molecule has 0 heteroatoms. The Morgan fingerprint density at radius 3 is 1.95 bits per heavy atom. The largest absolute Gasteiger partial charge is 0.0778 e. The standard InChI is InChI=1S/C20H36/c1-6-7-8-9-10-11-12-13-14-20-15-16(2)17(3)18(4)19(20)5/h15-16,19H,6-14H2,1-5H3. The minimum atomic E-state index is 0.662. The predicted octanol–water partition coefficient (Wildman–Crippen LogP) is 7.07. The Bertz CT molecular complexity index is 332. The average molecular weight is 277 g/mol. The van der Waals surface area contributed by atoms with Crippen molar-refractivity contribution < 1.29 is 0 Å². The van der Waals surface area contributed by atoms with Crippen molar-refractivity contribution in [2.75, 3.05) is 0 Å². The third-order valence-electron chi connectivity index (χ3n) is 5.29. The second-order valence-electron chi connectivity index (χ2n) is 6.84. The fourth-order valence-electron chi connectivity index (χ4n) is 3.33. The van der Waals surface area contributed by atoms with E-state index in [2.05, 4.69) is 40.7 Å². The molecule has 0 amide bonds. The summed E-state index contributed by atoms with van der Waals surface area (Å²) in [6.07, 6.45) is 15.2. The van der Waals surface area contributed by atoms with Crippen molar-refractivity contribution in [3.05, 3.63) is 22.8 Å². The molecule has 0 aromatic carbocycles. The summed E-state index contributed by atoms with van der Waals surface area (Å²) in [6.45, 7) is 11.7. The van der Waals surface area contributed by atoms with Crippen molar-refractivity contribution in [3.63, 3.8) is 0 Å². The maximum absolute atomic E-state index is 2.54. The van der Waals surface area contributed by atoms with E-state index in [1.54, 1.807) is 16.7 Å². The summed E-state index contributed by atoms with van der Waals surface area (Å²) in [5.41, 5.74) is 4.92. The van der Waals surface area contributed by atoms with Gasteiger partial charge in [-0.2, -0.15) is 0 Å². The zero-order valence-corrected chi connectivity index (χ0v) is 14.6. The minimum Gasteiger partial charge on any atom is -0.0778 e. The van der Waals surface area contributed by atoms with E-state index < -0.39 is 0 Å². The van der Waals surface area contributed by atoms with Crippen LogP contribution in [0.25, 0.3) is 0 Å². The molecule has 2 atom stereocenters. The van der Waals surface area contributed by atoms with Crippen LogP contribution in [0.4, 0.5) is 0 Å². The van der Waals surface area contributed by atoms with Gasteiger partial charge in [-0.25, -0.2) is 0 Å². The van der Waals surface area contributed by atoms with E-state index in [4.69, 9.17) is 0 Å². The molecular formula is C20H36.